The van der Waals surface area contributed by atoms with Gasteiger partial charge in [0.1, 0.15) is 0 Å². The Morgan fingerprint density at radius 1 is 1.31 bits per heavy atom. The van der Waals surface area contributed by atoms with Crippen LogP contribution in [0.4, 0.5) is 5.69 Å². The molecule has 0 aliphatic heterocycles. The van der Waals surface area contributed by atoms with E-state index in [2.05, 4.69) is 5.10 Å². The van der Waals surface area contributed by atoms with E-state index < -0.39 is 0 Å². The maximum absolute atomic E-state index is 5.24. The lowest BCUT2D eigenvalue weighted by atomic mass is 10.1. The number of hydrazone groups is 1. The molecule has 0 spiro atoms. The van der Waals surface area contributed by atoms with Gasteiger partial charge in [-0.25, -0.2) is 0 Å². The first kappa shape index (κ1) is 9.58. The molecular weight excluding hydrogens is 162 g/mol. The Balaban J connectivity index is 3.20. The van der Waals surface area contributed by atoms with Crippen molar-refractivity contribution in [3.63, 3.8) is 0 Å². The van der Waals surface area contributed by atoms with Crippen LogP contribution in [0.2, 0.25) is 0 Å². The fourth-order valence-electron chi connectivity index (χ4n) is 1.24. The topological polar surface area (TPSA) is 41.6 Å². The van der Waals surface area contributed by atoms with Crippen molar-refractivity contribution >= 4 is 11.4 Å². The van der Waals surface area contributed by atoms with E-state index in [0.29, 0.717) is 0 Å². The van der Waals surface area contributed by atoms with Gasteiger partial charge in [-0.3, -0.25) is 0 Å². The van der Waals surface area contributed by atoms with Crippen LogP contribution in [0.25, 0.3) is 0 Å². The van der Waals surface area contributed by atoms with E-state index in [1.165, 1.54) is 0 Å². The molecule has 0 saturated heterocycles. The van der Waals surface area contributed by atoms with Crippen molar-refractivity contribution in [2.75, 3.05) is 19.0 Å². The van der Waals surface area contributed by atoms with E-state index in [0.717, 1.165) is 17.0 Å². The zero-order valence-corrected chi connectivity index (χ0v) is 8.28. The summed E-state index contributed by atoms with van der Waals surface area (Å²) in [6.07, 6.45) is 0. The molecule has 70 valence electrons. The van der Waals surface area contributed by atoms with Gasteiger partial charge in [0.15, 0.2) is 0 Å². The number of anilines is 1. The third-order valence-corrected chi connectivity index (χ3v) is 1.97. The zero-order chi connectivity index (χ0) is 9.84. The predicted octanol–water partition coefficient (Wildman–Crippen LogP) is 1.44. The van der Waals surface area contributed by atoms with Gasteiger partial charge in [0.25, 0.3) is 0 Å². The lowest BCUT2D eigenvalue weighted by molar-refractivity contribution is 1.12. The number of nitrogens with zero attached hydrogens (tertiary/aromatic N) is 2. The van der Waals surface area contributed by atoms with Crippen LogP contribution in [0.15, 0.2) is 29.4 Å². The van der Waals surface area contributed by atoms with Crippen LogP contribution >= 0.6 is 0 Å². The summed E-state index contributed by atoms with van der Waals surface area (Å²) in [5, 5.41) is 3.69. The molecule has 1 rings (SSSR count). The van der Waals surface area contributed by atoms with Crippen molar-refractivity contribution in [3.8, 4) is 0 Å². The van der Waals surface area contributed by atoms with E-state index in [1.54, 1.807) is 0 Å². The molecule has 0 bridgehead atoms. The number of hydrogen-bond donors (Lipinski definition) is 1. The van der Waals surface area contributed by atoms with Gasteiger partial charge in [-0.15, -0.1) is 0 Å². The van der Waals surface area contributed by atoms with Crippen molar-refractivity contribution in [2.24, 2.45) is 10.9 Å². The molecule has 0 aliphatic carbocycles. The molecule has 0 aromatic heterocycles. The van der Waals surface area contributed by atoms with Gasteiger partial charge in [0.05, 0.1) is 5.71 Å². The molecular formula is C10H15N3. The van der Waals surface area contributed by atoms with Crippen molar-refractivity contribution in [3.05, 3.63) is 29.8 Å². The minimum absolute atomic E-state index is 0.851. The predicted molar refractivity (Wildman–Crippen MR) is 57.2 cm³/mol. The molecule has 0 saturated carbocycles. The standard InChI is InChI=1S/C10H15N3/c1-8(12-11)9-6-4-5-7-10(9)13(2)3/h4-7H,11H2,1-3H3/b12-8+. The Labute approximate surface area is 78.9 Å². The minimum atomic E-state index is 0.851. The SMILES string of the molecule is C/C(=N\N)c1ccccc1N(C)C. The normalized spacial score (nSPS) is 11.5. The van der Waals surface area contributed by atoms with Crippen molar-refractivity contribution in [1.82, 2.24) is 0 Å². The summed E-state index contributed by atoms with van der Waals surface area (Å²) in [6, 6.07) is 8.05. The number of nitrogens with two attached hydrogens (primary N) is 1. The van der Waals surface area contributed by atoms with Crippen LogP contribution in [0.1, 0.15) is 12.5 Å². The average Bonchev–Trinajstić information content (AvgIpc) is 2.16. The number of benzene rings is 1. The highest BCUT2D eigenvalue weighted by Crippen LogP contribution is 2.18. The first-order valence-corrected chi connectivity index (χ1v) is 4.18. The summed E-state index contributed by atoms with van der Waals surface area (Å²) in [4.78, 5) is 2.05. The molecule has 0 heterocycles. The fraction of sp³-hybridized carbons (Fsp3) is 0.300. The molecule has 3 nitrogen and oxygen atoms in total. The summed E-state index contributed by atoms with van der Waals surface area (Å²) in [5.41, 5.74) is 3.06. The molecule has 3 heteroatoms. The summed E-state index contributed by atoms with van der Waals surface area (Å²) in [7, 11) is 4.01. The van der Waals surface area contributed by atoms with Crippen LogP contribution in [-0.2, 0) is 0 Å². The Morgan fingerprint density at radius 2 is 1.92 bits per heavy atom. The first-order chi connectivity index (χ1) is 6.16. The summed E-state index contributed by atoms with van der Waals surface area (Å²) in [5.74, 6) is 5.24. The molecule has 13 heavy (non-hydrogen) atoms. The van der Waals surface area contributed by atoms with E-state index >= 15 is 0 Å². The zero-order valence-electron chi connectivity index (χ0n) is 8.28. The molecule has 0 aliphatic rings. The highest BCUT2D eigenvalue weighted by molar-refractivity contribution is 6.03. The Bertz CT molecular complexity index is 316. The smallest absolute Gasteiger partial charge is 0.0662 e. The summed E-state index contributed by atoms with van der Waals surface area (Å²) < 4.78 is 0. The second-order valence-electron chi connectivity index (χ2n) is 3.13. The Kier molecular flexibility index (Phi) is 2.90. The van der Waals surface area contributed by atoms with Gasteiger partial charge in [-0.05, 0) is 13.0 Å². The summed E-state index contributed by atoms with van der Waals surface area (Å²) in [6.45, 7) is 1.91. The molecule has 0 fully saturated rings. The third-order valence-electron chi connectivity index (χ3n) is 1.97. The fourth-order valence-corrected chi connectivity index (χ4v) is 1.24. The third kappa shape index (κ3) is 1.99. The second-order valence-corrected chi connectivity index (χ2v) is 3.13. The number of para-hydroxylation sites is 1. The van der Waals surface area contributed by atoms with Gasteiger partial charge in [0, 0.05) is 25.3 Å². The van der Waals surface area contributed by atoms with Crippen molar-refractivity contribution < 1.29 is 0 Å². The quantitative estimate of drug-likeness (QED) is 0.422. The number of hydrogen-bond acceptors (Lipinski definition) is 3. The van der Waals surface area contributed by atoms with Crippen molar-refractivity contribution in [1.29, 1.82) is 0 Å². The maximum atomic E-state index is 5.24. The van der Waals surface area contributed by atoms with Crippen LogP contribution in [0, 0.1) is 0 Å². The van der Waals surface area contributed by atoms with Crippen molar-refractivity contribution in [2.45, 2.75) is 6.92 Å². The highest BCUT2D eigenvalue weighted by atomic mass is 15.1. The number of rotatable bonds is 2. The van der Waals surface area contributed by atoms with E-state index in [1.807, 2.05) is 50.2 Å². The second kappa shape index (κ2) is 3.94. The molecule has 0 amide bonds. The maximum Gasteiger partial charge on any atom is 0.0662 e. The van der Waals surface area contributed by atoms with Crippen LogP contribution < -0.4 is 10.7 Å². The molecule has 0 atom stereocenters. The Hall–Kier alpha value is -1.51. The molecule has 0 radical (unpaired) electrons. The van der Waals surface area contributed by atoms with Gasteiger partial charge in [-0.1, -0.05) is 18.2 Å². The lowest BCUT2D eigenvalue weighted by Gasteiger charge is -2.16. The molecule has 1 aromatic carbocycles. The monoisotopic (exact) mass is 177 g/mol. The molecule has 0 unspecified atom stereocenters. The van der Waals surface area contributed by atoms with Gasteiger partial charge in [0.2, 0.25) is 0 Å². The van der Waals surface area contributed by atoms with Gasteiger partial charge in [-0.2, -0.15) is 5.10 Å². The van der Waals surface area contributed by atoms with Crippen LogP contribution in [0.3, 0.4) is 0 Å². The summed E-state index contributed by atoms with van der Waals surface area (Å²) >= 11 is 0. The van der Waals surface area contributed by atoms with E-state index in [9.17, 15) is 0 Å². The lowest BCUT2D eigenvalue weighted by Crippen LogP contribution is -2.13. The Morgan fingerprint density at radius 3 is 2.46 bits per heavy atom. The van der Waals surface area contributed by atoms with Crippen LogP contribution in [0.5, 0.6) is 0 Å². The molecule has 1 aromatic rings. The van der Waals surface area contributed by atoms with E-state index in [-0.39, 0.29) is 0 Å². The highest BCUT2D eigenvalue weighted by Gasteiger charge is 2.05. The first-order valence-electron chi connectivity index (χ1n) is 4.18. The molecule has 2 N–H and O–H groups in total. The van der Waals surface area contributed by atoms with Gasteiger partial charge >= 0.3 is 0 Å². The van der Waals surface area contributed by atoms with E-state index in [4.69, 9.17) is 5.84 Å². The average molecular weight is 177 g/mol. The van der Waals surface area contributed by atoms with Crippen LogP contribution in [-0.4, -0.2) is 19.8 Å². The van der Waals surface area contributed by atoms with Gasteiger partial charge < -0.3 is 10.7 Å². The largest absolute Gasteiger partial charge is 0.377 e. The minimum Gasteiger partial charge on any atom is -0.377 e.